The van der Waals surface area contributed by atoms with E-state index in [1.54, 1.807) is 18.2 Å². The van der Waals surface area contributed by atoms with Gasteiger partial charge in [-0.3, -0.25) is 14.6 Å². The summed E-state index contributed by atoms with van der Waals surface area (Å²) in [5.41, 5.74) is -0.105. The van der Waals surface area contributed by atoms with Crippen LogP contribution >= 0.6 is 31.9 Å². The van der Waals surface area contributed by atoms with Crippen LogP contribution in [0.2, 0.25) is 0 Å². The van der Waals surface area contributed by atoms with Gasteiger partial charge in [0, 0.05) is 11.6 Å². The van der Waals surface area contributed by atoms with Gasteiger partial charge in [-0.05, 0) is 69.7 Å². The summed E-state index contributed by atoms with van der Waals surface area (Å²) in [6.07, 6.45) is 4.18. The van der Waals surface area contributed by atoms with Gasteiger partial charge in [0.05, 0.1) is 14.6 Å². The van der Waals surface area contributed by atoms with E-state index in [0.717, 1.165) is 30.4 Å². The molecule has 0 atom stereocenters. The Balaban J connectivity index is 1.69. The lowest BCUT2D eigenvalue weighted by Crippen LogP contribution is -2.32. The number of hydrogen-bond donors (Lipinski definition) is 2. The smallest absolute Gasteiger partial charge is 0.349 e. The van der Waals surface area contributed by atoms with E-state index in [1.165, 1.54) is 6.92 Å². The number of aryl methyl sites for hydroxylation is 1. The minimum Gasteiger partial charge on any atom is -0.435 e. The van der Waals surface area contributed by atoms with E-state index in [1.807, 2.05) is 0 Å². The van der Waals surface area contributed by atoms with Crippen LogP contribution in [0.4, 0.5) is 0 Å². The molecule has 0 radical (unpaired) electrons. The molecule has 4 rings (SSSR count). The Morgan fingerprint density at radius 3 is 2.40 bits per heavy atom. The highest BCUT2D eigenvalue weighted by atomic mass is 79.9. The zero-order valence-electron chi connectivity index (χ0n) is 15.9. The summed E-state index contributed by atoms with van der Waals surface area (Å²) in [6.45, 7) is 1.51. The van der Waals surface area contributed by atoms with Gasteiger partial charge in [-0.1, -0.05) is 12.8 Å². The number of aromatic nitrogens is 5. The lowest BCUT2D eigenvalue weighted by molar-refractivity contribution is 0.446. The van der Waals surface area contributed by atoms with E-state index in [0.29, 0.717) is 25.9 Å². The van der Waals surface area contributed by atoms with Crippen molar-refractivity contribution in [1.82, 2.24) is 25.0 Å². The average Bonchev–Trinajstić information content (AvgIpc) is 3.23. The fourth-order valence-corrected chi connectivity index (χ4v) is 4.84. The lowest BCUT2D eigenvalue weighted by atomic mass is 10.00. The highest BCUT2D eigenvalue weighted by molar-refractivity contribution is 9.11. The summed E-state index contributed by atoms with van der Waals surface area (Å²) in [7, 11) is 0. The second kappa shape index (κ2) is 8.31. The summed E-state index contributed by atoms with van der Waals surface area (Å²) in [5.74, 6) is 0.903. The first kappa shape index (κ1) is 20.7. The lowest BCUT2D eigenvalue weighted by Gasteiger charge is -2.13. The summed E-state index contributed by atoms with van der Waals surface area (Å²) in [5, 5.41) is 10.5. The predicted molar refractivity (Wildman–Crippen MR) is 117 cm³/mol. The van der Waals surface area contributed by atoms with E-state index >= 15 is 0 Å². The van der Waals surface area contributed by atoms with Crippen molar-refractivity contribution in [2.45, 2.75) is 38.5 Å². The second-order valence-corrected chi connectivity index (χ2v) is 8.78. The summed E-state index contributed by atoms with van der Waals surface area (Å²) in [4.78, 5) is 38.1. The average molecular weight is 539 g/mol. The van der Waals surface area contributed by atoms with Crippen LogP contribution in [0.25, 0.3) is 5.69 Å². The predicted octanol–water partition coefficient (Wildman–Crippen LogP) is 3.29. The first-order valence-corrected chi connectivity index (χ1v) is 10.9. The minimum atomic E-state index is -0.651. The number of nitrogens with zero attached hydrogens (tertiary/aromatic N) is 3. The fraction of sp³-hybridized carbons (Fsp3) is 0.316. The molecule has 1 aliphatic carbocycles. The van der Waals surface area contributed by atoms with Crippen molar-refractivity contribution in [3.8, 4) is 17.3 Å². The zero-order valence-corrected chi connectivity index (χ0v) is 19.0. The Kier molecular flexibility index (Phi) is 5.74. The van der Waals surface area contributed by atoms with Crippen molar-refractivity contribution in [2.24, 2.45) is 0 Å². The Hall–Kier alpha value is -2.53. The Labute approximate surface area is 186 Å². The molecule has 0 saturated heterocycles. The molecule has 0 spiro atoms. The number of ether oxygens (including phenoxy) is 1. The maximum atomic E-state index is 12.2. The Morgan fingerprint density at radius 1 is 1.07 bits per heavy atom. The molecule has 0 aliphatic heterocycles. The quantitative estimate of drug-likeness (QED) is 0.525. The Bertz CT molecular complexity index is 1270. The minimum absolute atomic E-state index is 0.166. The van der Waals surface area contributed by atoms with Gasteiger partial charge in [-0.15, -0.1) is 5.10 Å². The Morgan fingerprint density at radius 2 is 1.73 bits per heavy atom. The van der Waals surface area contributed by atoms with Crippen LogP contribution in [0.1, 0.15) is 42.9 Å². The summed E-state index contributed by atoms with van der Waals surface area (Å²) < 4.78 is 8.06. The van der Waals surface area contributed by atoms with E-state index < -0.39 is 11.2 Å². The maximum Gasteiger partial charge on any atom is 0.349 e. The number of hydrogen-bond acceptors (Lipinski definition) is 6. The summed E-state index contributed by atoms with van der Waals surface area (Å²) >= 11 is 6.88. The third kappa shape index (κ3) is 4.04. The molecule has 2 N–H and O–H groups in total. The van der Waals surface area contributed by atoms with Gasteiger partial charge >= 0.3 is 5.69 Å². The number of nitrogens with one attached hydrogen (secondary N) is 2. The molecule has 30 heavy (non-hydrogen) atoms. The number of H-pyrrole nitrogens is 2. The van der Waals surface area contributed by atoms with E-state index in [2.05, 4.69) is 52.1 Å². The van der Waals surface area contributed by atoms with E-state index in [4.69, 9.17) is 4.74 Å². The van der Waals surface area contributed by atoms with Crippen LogP contribution in [-0.2, 0) is 0 Å². The molecule has 0 unspecified atom stereocenters. The molecule has 1 saturated carbocycles. The van der Waals surface area contributed by atoms with Crippen molar-refractivity contribution in [3.05, 3.63) is 69.6 Å². The van der Waals surface area contributed by atoms with Gasteiger partial charge in [-0.2, -0.15) is 9.78 Å². The van der Waals surface area contributed by atoms with Crippen LogP contribution in [0.5, 0.6) is 11.6 Å². The molecule has 1 aromatic carbocycles. The van der Waals surface area contributed by atoms with Gasteiger partial charge < -0.3 is 4.74 Å². The van der Waals surface area contributed by atoms with Crippen molar-refractivity contribution in [3.63, 3.8) is 0 Å². The molecular formula is C19H17Br2N5O4. The molecule has 2 heterocycles. The molecule has 1 fully saturated rings. The highest BCUT2D eigenvalue weighted by Crippen LogP contribution is 2.39. The number of halogens is 2. The second-order valence-electron chi connectivity index (χ2n) is 7.07. The normalized spacial score (nSPS) is 14.2. The van der Waals surface area contributed by atoms with E-state index in [9.17, 15) is 14.4 Å². The molecule has 0 amide bonds. The SMILES string of the molecule is Cc1nn(-c2cc(Br)c(Oc3cc(C4CCCC4)c(=O)[nH]n3)c(Br)c2)c(=O)[nH]c1=O. The molecule has 2 aromatic heterocycles. The molecule has 1 aliphatic rings. The first-order chi connectivity index (χ1) is 14.3. The van der Waals surface area contributed by atoms with Crippen LogP contribution in [-0.4, -0.2) is 25.0 Å². The molecule has 0 bridgehead atoms. The zero-order chi connectivity index (χ0) is 21.4. The third-order valence-electron chi connectivity index (χ3n) is 5.03. The standard InChI is InChI=1S/C19H17Br2N5O4/c1-9-17(27)22-19(29)26(25-9)11-6-13(20)16(14(21)7-11)30-15-8-12(18(28)24-23-15)10-4-2-3-5-10/h6-8,10H,2-5H2,1H3,(H,24,28)(H,22,27,29). The molecule has 3 aromatic rings. The van der Waals surface area contributed by atoms with E-state index in [-0.39, 0.29) is 23.1 Å². The van der Waals surface area contributed by atoms with Crippen molar-refractivity contribution >= 4 is 31.9 Å². The number of rotatable bonds is 4. The topological polar surface area (TPSA) is 123 Å². The van der Waals surface area contributed by atoms with Crippen LogP contribution < -0.4 is 21.5 Å². The molecule has 11 heteroatoms. The van der Waals surface area contributed by atoms with Gasteiger partial charge in [-0.25, -0.2) is 9.89 Å². The van der Waals surface area contributed by atoms with Gasteiger partial charge in [0.25, 0.3) is 11.1 Å². The van der Waals surface area contributed by atoms with Gasteiger partial charge in [0.15, 0.2) is 5.75 Å². The van der Waals surface area contributed by atoms with Gasteiger partial charge in [0.2, 0.25) is 5.88 Å². The van der Waals surface area contributed by atoms with Crippen molar-refractivity contribution < 1.29 is 4.74 Å². The van der Waals surface area contributed by atoms with Gasteiger partial charge in [0.1, 0.15) is 5.69 Å². The first-order valence-electron chi connectivity index (χ1n) is 9.30. The molecular weight excluding hydrogens is 522 g/mol. The number of benzene rings is 1. The highest BCUT2D eigenvalue weighted by Gasteiger charge is 2.22. The van der Waals surface area contributed by atoms with Crippen molar-refractivity contribution in [2.75, 3.05) is 0 Å². The molecule has 9 nitrogen and oxygen atoms in total. The van der Waals surface area contributed by atoms with Crippen molar-refractivity contribution in [1.29, 1.82) is 0 Å². The van der Waals surface area contributed by atoms with Crippen LogP contribution in [0.15, 0.2) is 41.5 Å². The number of aromatic amines is 2. The monoisotopic (exact) mass is 537 g/mol. The molecule has 156 valence electrons. The van der Waals surface area contributed by atoms with Crippen LogP contribution in [0, 0.1) is 6.92 Å². The summed E-state index contributed by atoms with van der Waals surface area (Å²) in [6, 6.07) is 4.95. The van der Waals surface area contributed by atoms with Crippen LogP contribution in [0.3, 0.4) is 0 Å². The maximum absolute atomic E-state index is 12.2. The third-order valence-corrected chi connectivity index (χ3v) is 6.21. The largest absolute Gasteiger partial charge is 0.435 e. The fourth-order valence-electron chi connectivity index (χ4n) is 3.52.